The van der Waals surface area contributed by atoms with Crippen LogP contribution in [0.4, 0.5) is 0 Å². The SMILES string of the molecule is COc1ccc(C2=C(Oc3ccccc3)c3ccccc3/C2=N\N=C2\C(c3ccc(OC)cc3)=C(S(=O)(=O)c3ccccc3)c3ccccc32)cc1. The molecule has 6 aromatic rings. The number of nitrogens with zero attached hydrogens (tertiary/aromatic N) is 2. The van der Waals surface area contributed by atoms with E-state index in [0.29, 0.717) is 56.7 Å². The highest BCUT2D eigenvalue weighted by molar-refractivity contribution is 8.01. The summed E-state index contributed by atoms with van der Waals surface area (Å²) in [5.74, 6) is 2.68. The molecule has 0 heterocycles. The number of fused-ring (bicyclic) bond motifs is 2. The summed E-state index contributed by atoms with van der Waals surface area (Å²) in [6, 6.07) is 48.5. The lowest BCUT2D eigenvalue weighted by atomic mass is 10.0. The third kappa shape index (κ3) is 5.79. The molecule has 0 fully saturated rings. The predicted molar refractivity (Wildman–Crippen MR) is 206 cm³/mol. The van der Waals surface area contributed by atoms with Gasteiger partial charge in [-0.2, -0.15) is 0 Å². The highest BCUT2D eigenvalue weighted by atomic mass is 32.2. The second-order valence-corrected chi connectivity index (χ2v) is 14.0. The Kier molecular flexibility index (Phi) is 8.58. The number of sulfone groups is 1. The van der Waals surface area contributed by atoms with Crippen molar-refractivity contribution in [2.24, 2.45) is 10.2 Å². The molecule has 0 bridgehead atoms. The van der Waals surface area contributed by atoms with Gasteiger partial charge in [-0.1, -0.05) is 109 Å². The summed E-state index contributed by atoms with van der Waals surface area (Å²) < 4.78 is 46.7. The van der Waals surface area contributed by atoms with Crippen LogP contribution >= 0.6 is 0 Å². The zero-order valence-electron chi connectivity index (χ0n) is 28.4. The first-order valence-corrected chi connectivity index (χ1v) is 18.1. The van der Waals surface area contributed by atoms with Gasteiger partial charge in [-0.3, -0.25) is 0 Å². The number of hydrogen-bond donors (Lipinski definition) is 0. The fourth-order valence-corrected chi connectivity index (χ4v) is 8.30. The topological polar surface area (TPSA) is 86.5 Å². The molecule has 6 aromatic carbocycles. The molecule has 52 heavy (non-hydrogen) atoms. The molecule has 0 amide bonds. The molecular formula is C44H32N2O5S. The van der Waals surface area contributed by atoms with Crippen LogP contribution in [0.5, 0.6) is 17.2 Å². The van der Waals surface area contributed by atoms with Crippen molar-refractivity contribution < 1.29 is 22.6 Å². The predicted octanol–water partition coefficient (Wildman–Crippen LogP) is 9.21. The molecule has 2 aliphatic rings. The normalized spacial score (nSPS) is 15.2. The molecule has 2 aliphatic carbocycles. The first kappa shape index (κ1) is 32.7. The van der Waals surface area contributed by atoms with Gasteiger partial charge in [0.1, 0.15) is 34.4 Å². The van der Waals surface area contributed by atoms with Crippen LogP contribution in [-0.2, 0) is 9.84 Å². The van der Waals surface area contributed by atoms with Gasteiger partial charge in [0.15, 0.2) is 0 Å². The van der Waals surface area contributed by atoms with E-state index in [1.165, 1.54) is 0 Å². The monoisotopic (exact) mass is 700 g/mol. The summed E-state index contributed by atoms with van der Waals surface area (Å²) in [4.78, 5) is 0.361. The summed E-state index contributed by atoms with van der Waals surface area (Å²) in [6.45, 7) is 0. The Hall–Kier alpha value is -6.51. The van der Waals surface area contributed by atoms with Crippen molar-refractivity contribution in [3.63, 3.8) is 0 Å². The van der Waals surface area contributed by atoms with Crippen LogP contribution in [0.15, 0.2) is 173 Å². The zero-order chi connectivity index (χ0) is 35.7. The molecule has 8 heteroatoms. The van der Waals surface area contributed by atoms with Crippen LogP contribution in [-0.4, -0.2) is 34.1 Å². The Morgan fingerprint density at radius 3 is 1.44 bits per heavy atom. The van der Waals surface area contributed by atoms with E-state index in [1.807, 2.05) is 127 Å². The maximum atomic E-state index is 14.6. The minimum absolute atomic E-state index is 0.171. The van der Waals surface area contributed by atoms with Crippen molar-refractivity contribution in [3.05, 3.63) is 191 Å². The van der Waals surface area contributed by atoms with Crippen molar-refractivity contribution >= 4 is 43.1 Å². The molecule has 0 atom stereocenters. The van der Waals surface area contributed by atoms with Gasteiger partial charge in [-0.05, 0) is 59.7 Å². The van der Waals surface area contributed by atoms with Gasteiger partial charge in [-0.25, -0.2) is 8.42 Å². The van der Waals surface area contributed by atoms with E-state index in [0.717, 1.165) is 22.3 Å². The lowest BCUT2D eigenvalue weighted by Gasteiger charge is -2.12. The second kappa shape index (κ2) is 13.7. The Bertz CT molecular complexity index is 2540. The van der Waals surface area contributed by atoms with Crippen LogP contribution in [0.2, 0.25) is 0 Å². The van der Waals surface area contributed by atoms with Gasteiger partial charge in [-0.15, -0.1) is 10.2 Å². The van der Waals surface area contributed by atoms with E-state index in [2.05, 4.69) is 0 Å². The van der Waals surface area contributed by atoms with Crippen LogP contribution < -0.4 is 14.2 Å². The lowest BCUT2D eigenvalue weighted by Crippen LogP contribution is -2.06. The van der Waals surface area contributed by atoms with Crippen LogP contribution in [0.1, 0.15) is 33.4 Å². The standard InChI is InChI=1S/C44H32N2O5S/c1-49-31-25-21-29(22-26-31)39-41(35-17-9-11-19-37(35)43(39)51-33-13-5-3-6-14-33)45-46-42-36-18-10-12-20-38(36)44(52(47,48)34-15-7-4-8-16-34)40(42)30-23-27-32(50-2)28-24-30/h3-28H,1-2H3/b45-41+,46-42+. The van der Waals surface area contributed by atoms with Gasteiger partial charge < -0.3 is 14.2 Å². The largest absolute Gasteiger partial charge is 0.497 e. The Labute approximate surface area is 302 Å². The van der Waals surface area contributed by atoms with Crippen LogP contribution in [0, 0.1) is 0 Å². The molecule has 8 rings (SSSR count). The number of rotatable bonds is 9. The molecule has 0 saturated carbocycles. The summed E-state index contributed by atoms with van der Waals surface area (Å²) in [5, 5.41) is 10.0. The maximum Gasteiger partial charge on any atom is 0.207 e. The smallest absolute Gasteiger partial charge is 0.207 e. The molecule has 254 valence electrons. The molecule has 0 aliphatic heterocycles. The first-order valence-electron chi connectivity index (χ1n) is 16.6. The fourth-order valence-electron chi connectivity index (χ4n) is 6.60. The van der Waals surface area contributed by atoms with E-state index in [9.17, 15) is 8.42 Å². The minimum atomic E-state index is -4.01. The maximum absolute atomic E-state index is 14.6. The Balaban J connectivity index is 1.39. The van der Waals surface area contributed by atoms with E-state index in [4.69, 9.17) is 24.4 Å². The molecular weight excluding hydrogens is 669 g/mol. The van der Waals surface area contributed by atoms with E-state index < -0.39 is 9.84 Å². The molecule has 0 radical (unpaired) electrons. The lowest BCUT2D eigenvalue weighted by molar-refractivity contribution is 0.414. The van der Waals surface area contributed by atoms with Crippen molar-refractivity contribution in [1.82, 2.24) is 0 Å². The van der Waals surface area contributed by atoms with E-state index in [1.54, 1.807) is 44.6 Å². The van der Waals surface area contributed by atoms with Gasteiger partial charge in [0.25, 0.3) is 0 Å². The number of benzene rings is 6. The Morgan fingerprint density at radius 1 is 0.442 bits per heavy atom. The number of methoxy groups -OCH3 is 2. The highest BCUT2D eigenvalue weighted by Gasteiger charge is 2.38. The first-order chi connectivity index (χ1) is 25.5. The summed E-state index contributed by atoms with van der Waals surface area (Å²) in [7, 11) is -0.784. The zero-order valence-corrected chi connectivity index (χ0v) is 29.2. The highest BCUT2D eigenvalue weighted by Crippen LogP contribution is 2.45. The number of hydrogen-bond acceptors (Lipinski definition) is 7. The third-order valence-corrected chi connectivity index (χ3v) is 10.9. The molecule has 0 N–H and O–H groups in total. The van der Waals surface area contributed by atoms with Crippen LogP contribution in [0.25, 0.3) is 21.8 Å². The summed E-state index contributed by atoms with van der Waals surface area (Å²) in [6.07, 6.45) is 0. The van der Waals surface area contributed by atoms with Gasteiger partial charge in [0.05, 0.1) is 29.6 Å². The summed E-state index contributed by atoms with van der Waals surface area (Å²) >= 11 is 0. The average molecular weight is 701 g/mol. The molecule has 0 unspecified atom stereocenters. The minimum Gasteiger partial charge on any atom is -0.497 e. The summed E-state index contributed by atoms with van der Waals surface area (Å²) in [5.41, 5.74) is 6.66. The van der Waals surface area contributed by atoms with Gasteiger partial charge in [0, 0.05) is 27.8 Å². The van der Waals surface area contributed by atoms with Crippen molar-refractivity contribution in [2.75, 3.05) is 14.2 Å². The van der Waals surface area contributed by atoms with Gasteiger partial charge >= 0.3 is 0 Å². The Morgan fingerprint density at radius 2 is 0.885 bits per heavy atom. The molecule has 0 aromatic heterocycles. The molecule has 7 nitrogen and oxygen atoms in total. The van der Waals surface area contributed by atoms with Crippen molar-refractivity contribution in [3.8, 4) is 17.2 Å². The second-order valence-electron chi connectivity index (χ2n) is 12.1. The van der Waals surface area contributed by atoms with E-state index >= 15 is 0 Å². The fraction of sp³-hybridized carbons (Fsp3) is 0.0455. The average Bonchev–Trinajstić information content (AvgIpc) is 3.70. The molecule has 0 saturated heterocycles. The quantitative estimate of drug-likeness (QED) is 0.140. The number of ether oxygens (including phenoxy) is 3. The van der Waals surface area contributed by atoms with Gasteiger partial charge in [0.2, 0.25) is 9.84 Å². The van der Waals surface area contributed by atoms with Crippen molar-refractivity contribution in [2.45, 2.75) is 4.90 Å². The van der Waals surface area contributed by atoms with Crippen molar-refractivity contribution in [1.29, 1.82) is 0 Å². The molecule has 0 spiro atoms. The van der Waals surface area contributed by atoms with Crippen LogP contribution in [0.3, 0.4) is 0 Å². The third-order valence-electron chi connectivity index (χ3n) is 9.07. The van der Waals surface area contributed by atoms with E-state index in [-0.39, 0.29) is 9.80 Å². The number of para-hydroxylation sites is 1. The number of allylic oxidation sites excluding steroid dienone is 2.